The maximum absolute atomic E-state index is 12.1. The van der Waals surface area contributed by atoms with Crippen molar-refractivity contribution in [3.63, 3.8) is 0 Å². The van der Waals surface area contributed by atoms with Crippen molar-refractivity contribution in [1.29, 1.82) is 0 Å². The Hall–Kier alpha value is -1.40. The molecular formula is C17H27NO4S. The van der Waals surface area contributed by atoms with E-state index in [-0.39, 0.29) is 17.3 Å². The highest BCUT2D eigenvalue weighted by Gasteiger charge is 2.15. The topological polar surface area (TPSA) is 56.8 Å². The Morgan fingerprint density at radius 1 is 1.17 bits per heavy atom. The molecule has 0 aromatic heterocycles. The molecule has 0 aliphatic carbocycles. The number of carbonyl (C=O) groups excluding carboxylic acids is 1. The SMILES string of the molecule is COc1ccc(S[C@H](C)C(=O)NCCCOC(C)C)cc1OC. The van der Waals surface area contributed by atoms with E-state index >= 15 is 0 Å². The predicted molar refractivity (Wildman–Crippen MR) is 93.6 cm³/mol. The van der Waals surface area contributed by atoms with Gasteiger partial charge in [0.25, 0.3) is 0 Å². The second-order valence-corrected chi connectivity index (χ2v) is 6.76. The summed E-state index contributed by atoms with van der Waals surface area (Å²) < 4.78 is 15.9. The first-order valence-corrected chi connectivity index (χ1v) is 8.64. The van der Waals surface area contributed by atoms with Crippen molar-refractivity contribution in [1.82, 2.24) is 5.32 Å². The van der Waals surface area contributed by atoms with Crippen LogP contribution in [0.4, 0.5) is 0 Å². The van der Waals surface area contributed by atoms with Gasteiger partial charge in [0, 0.05) is 18.0 Å². The number of thioether (sulfide) groups is 1. The lowest BCUT2D eigenvalue weighted by molar-refractivity contribution is -0.120. The number of ether oxygens (including phenoxy) is 3. The van der Waals surface area contributed by atoms with E-state index in [0.717, 1.165) is 11.3 Å². The van der Waals surface area contributed by atoms with Crippen molar-refractivity contribution in [2.45, 2.75) is 43.4 Å². The highest BCUT2D eigenvalue weighted by Crippen LogP contribution is 2.33. The first-order valence-electron chi connectivity index (χ1n) is 7.76. The summed E-state index contributed by atoms with van der Waals surface area (Å²) in [5.41, 5.74) is 0. The zero-order valence-electron chi connectivity index (χ0n) is 14.5. The van der Waals surface area contributed by atoms with Gasteiger partial charge in [0.1, 0.15) is 0 Å². The Bertz CT molecular complexity index is 493. The van der Waals surface area contributed by atoms with Crippen LogP contribution in [0, 0.1) is 0 Å². The number of hydrogen-bond donors (Lipinski definition) is 1. The summed E-state index contributed by atoms with van der Waals surface area (Å²) in [4.78, 5) is 13.1. The van der Waals surface area contributed by atoms with E-state index < -0.39 is 0 Å². The van der Waals surface area contributed by atoms with E-state index in [4.69, 9.17) is 14.2 Å². The first-order chi connectivity index (χ1) is 11.0. The van der Waals surface area contributed by atoms with Gasteiger partial charge in [-0.1, -0.05) is 0 Å². The molecule has 1 aromatic carbocycles. The summed E-state index contributed by atoms with van der Waals surface area (Å²) in [6.07, 6.45) is 1.04. The number of amides is 1. The van der Waals surface area contributed by atoms with Crippen LogP contribution in [0.5, 0.6) is 11.5 Å². The van der Waals surface area contributed by atoms with Crippen LogP contribution in [0.3, 0.4) is 0 Å². The van der Waals surface area contributed by atoms with Gasteiger partial charge in [-0.15, -0.1) is 11.8 Å². The largest absolute Gasteiger partial charge is 0.493 e. The van der Waals surface area contributed by atoms with Crippen LogP contribution in [-0.4, -0.2) is 44.6 Å². The third kappa shape index (κ3) is 7.14. The highest BCUT2D eigenvalue weighted by atomic mass is 32.2. The molecule has 0 saturated heterocycles. The van der Waals surface area contributed by atoms with Crippen LogP contribution >= 0.6 is 11.8 Å². The van der Waals surface area contributed by atoms with E-state index in [1.54, 1.807) is 14.2 Å². The number of hydrogen-bond acceptors (Lipinski definition) is 5. The van der Waals surface area contributed by atoms with Gasteiger partial charge < -0.3 is 19.5 Å². The number of nitrogens with one attached hydrogen (secondary N) is 1. The average Bonchev–Trinajstić information content (AvgIpc) is 2.53. The normalized spacial score (nSPS) is 12.1. The summed E-state index contributed by atoms with van der Waals surface area (Å²) in [7, 11) is 3.20. The van der Waals surface area contributed by atoms with Crippen molar-refractivity contribution in [2.75, 3.05) is 27.4 Å². The number of rotatable bonds is 10. The fourth-order valence-corrected chi connectivity index (χ4v) is 2.81. The predicted octanol–water partition coefficient (Wildman–Crippen LogP) is 3.12. The number of carbonyl (C=O) groups is 1. The Kier molecular flexibility index (Phi) is 8.87. The molecule has 23 heavy (non-hydrogen) atoms. The van der Waals surface area contributed by atoms with Crippen LogP contribution in [0.25, 0.3) is 0 Å². The summed E-state index contributed by atoms with van der Waals surface area (Å²) in [6, 6.07) is 5.64. The van der Waals surface area contributed by atoms with Crippen molar-refractivity contribution < 1.29 is 19.0 Å². The minimum absolute atomic E-state index is 0.0225. The van der Waals surface area contributed by atoms with Crippen molar-refractivity contribution in [3.05, 3.63) is 18.2 Å². The van der Waals surface area contributed by atoms with Crippen LogP contribution in [0.15, 0.2) is 23.1 Å². The Labute approximate surface area is 143 Å². The molecule has 0 spiro atoms. The van der Waals surface area contributed by atoms with E-state index in [1.165, 1.54) is 11.8 Å². The maximum Gasteiger partial charge on any atom is 0.233 e. The number of benzene rings is 1. The molecule has 0 bridgehead atoms. The van der Waals surface area contributed by atoms with Crippen molar-refractivity contribution in [2.24, 2.45) is 0 Å². The standard InChI is InChI=1S/C17H27NO4S/c1-12(2)22-10-6-9-18-17(19)13(3)23-14-7-8-15(20-4)16(11-14)21-5/h7-8,11-13H,6,9-10H2,1-5H3,(H,18,19)/t13-/m1/s1. The second-order valence-electron chi connectivity index (χ2n) is 5.34. The lowest BCUT2D eigenvalue weighted by Crippen LogP contribution is -2.32. The Morgan fingerprint density at radius 3 is 2.48 bits per heavy atom. The first kappa shape index (κ1) is 19.6. The molecular weight excluding hydrogens is 314 g/mol. The molecule has 1 amide bonds. The molecule has 0 aliphatic rings. The summed E-state index contributed by atoms with van der Waals surface area (Å²) in [6.45, 7) is 7.18. The summed E-state index contributed by atoms with van der Waals surface area (Å²) >= 11 is 1.49. The molecule has 0 heterocycles. The Morgan fingerprint density at radius 2 is 1.87 bits per heavy atom. The lowest BCUT2D eigenvalue weighted by atomic mass is 10.3. The molecule has 6 heteroatoms. The molecule has 1 atom stereocenters. The molecule has 0 radical (unpaired) electrons. The van der Waals surface area contributed by atoms with E-state index in [1.807, 2.05) is 39.0 Å². The van der Waals surface area contributed by atoms with Gasteiger partial charge >= 0.3 is 0 Å². The molecule has 0 saturated carbocycles. The summed E-state index contributed by atoms with van der Waals surface area (Å²) in [5.74, 6) is 1.37. The third-order valence-corrected chi connectivity index (χ3v) is 4.20. The van der Waals surface area contributed by atoms with Crippen LogP contribution in [0.1, 0.15) is 27.2 Å². The smallest absolute Gasteiger partial charge is 0.233 e. The molecule has 0 aliphatic heterocycles. The molecule has 1 N–H and O–H groups in total. The molecule has 1 aromatic rings. The van der Waals surface area contributed by atoms with Gasteiger partial charge in [-0.25, -0.2) is 0 Å². The highest BCUT2D eigenvalue weighted by molar-refractivity contribution is 8.00. The number of methoxy groups -OCH3 is 2. The van der Waals surface area contributed by atoms with Gasteiger partial charge in [-0.2, -0.15) is 0 Å². The fourth-order valence-electron chi connectivity index (χ4n) is 1.89. The fraction of sp³-hybridized carbons (Fsp3) is 0.588. The van der Waals surface area contributed by atoms with Crippen LogP contribution in [0.2, 0.25) is 0 Å². The van der Waals surface area contributed by atoms with Gasteiger partial charge in [-0.3, -0.25) is 4.79 Å². The molecule has 0 unspecified atom stereocenters. The maximum atomic E-state index is 12.1. The molecule has 1 rings (SSSR count). The molecule has 130 valence electrons. The van der Waals surface area contributed by atoms with E-state index in [0.29, 0.717) is 24.7 Å². The summed E-state index contributed by atoms with van der Waals surface area (Å²) in [5, 5.41) is 2.75. The monoisotopic (exact) mass is 341 g/mol. The van der Waals surface area contributed by atoms with Gasteiger partial charge in [0.2, 0.25) is 5.91 Å². The van der Waals surface area contributed by atoms with Crippen LogP contribution in [-0.2, 0) is 9.53 Å². The molecule has 0 fully saturated rings. The van der Waals surface area contributed by atoms with Gasteiger partial charge in [0.05, 0.1) is 25.6 Å². The van der Waals surface area contributed by atoms with Gasteiger partial charge in [-0.05, 0) is 45.4 Å². The minimum atomic E-state index is -0.181. The zero-order valence-corrected chi connectivity index (χ0v) is 15.4. The van der Waals surface area contributed by atoms with E-state index in [9.17, 15) is 4.79 Å². The Balaban J connectivity index is 2.42. The minimum Gasteiger partial charge on any atom is -0.493 e. The molecule has 5 nitrogen and oxygen atoms in total. The van der Waals surface area contributed by atoms with E-state index in [2.05, 4.69) is 5.32 Å². The lowest BCUT2D eigenvalue weighted by Gasteiger charge is -2.14. The third-order valence-electron chi connectivity index (χ3n) is 3.11. The zero-order chi connectivity index (χ0) is 17.2. The van der Waals surface area contributed by atoms with Crippen LogP contribution < -0.4 is 14.8 Å². The van der Waals surface area contributed by atoms with Gasteiger partial charge in [0.15, 0.2) is 11.5 Å². The second kappa shape index (κ2) is 10.4. The quantitative estimate of drug-likeness (QED) is 0.523. The average molecular weight is 341 g/mol. The van der Waals surface area contributed by atoms with Crippen molar-refractivity contribution >= 4 is 17.7 Å². The van der Waals surface area contributed by atoms with Crippen molar-refractivity contribution in [3.8, 4) is 11.5 Å².